The Morgan fingerprint density at radius 2 is 1.95 bits per heavy atom. The summed E-state index contributed by atoms with van der Waals surface area (Å²) >= 11 is 0. The molecule has 2 aromatic rings. The monoisotopic (exact) mass is 265 g/mol. The lowest BCUT2D eigenvalue weighted by atomic mass is 9.84. The molecular weight excluding hydrogens is 250 g/mol. The van der Waals surface area contributed by atoms with Crippen molar-refractivity contribution in [1.29, 1.82) is 10.5 Å². The zero-order chi connectivity index (χ0) is 14.6. The van der Waals surface area contributed by atoms with Crippen LogP contribution in [0.2, 0.25) is 0 Å². The number of benzene rings is 1. The summed E-state index contributed by atoms with van der Waals surface area (Å²) < 4.78 is 1.72. The van der Waals surface area contributed by atoms with E-state index in [-0.39, 0.29) is 0 Å². The van der Waals surface area contributed by atoms with Crippen LogP contribution in [0, 0.1) is 22.7 Å². The van der Waals surface area contributed by atoms with E-state index in [2.05, 4.69) is 22.2 Å². The molecule has 5 nitrogen and oxygen atoms in total. The Morgan fingerprint density at radius 1 is 1.20 bits per heavy atom. The SMILES string of the molecule is CC(C)(C#N)c1cc(CC#N)cc(Cn2cncn2)c1. The molecule has 0 aliphatic heterocycles. The Balaban J connectivity index is 2.42. The molecule has 0 fully saturated rings. The molecule has 0 bridgehead atoms. The fourth-order valence-electron chi connectivity index (χ4n) is 1.97. The van der Waals surface area contributed by atoms with Crippen molar-refractivity contribution in [2.24, 2.45) is 0 Å². The lowest BCUT2D eigenvalue weighted by molar-refractivity contribution is 0.666. The van der Waals surface area contributed by atoms with Crippen LogP contribution in [-0.2, 0) is 18.4 Å². The molecule has 2 rings (SSSR count). The van der Waals surface area contributed by atoms with Crippen LogP contribution in [-0.4, -0.2) is 14.8 Å². The Kier molecular flexibility index (Phi) is 3.81. The second kappa shape index (κ2) is 5.54. The summed E-state index contributed by atoms with van der Waals surface area (Å²) in [4.78, 5) is 3.91. The second-order valence-electron chi connectivity index (χ2n) is 5.20. The van der Waals surface area contributed by atoms with Gasteiger partial charge in [0.15, 0.2) is 0 Å². The smallest absolute Gasteiger partial charge is 0.137 e. The molecule has 0 saturated carbocycles. The standard InChI is InChI=1S/C15H15N5/c1-15(2,9-17)14-6-12(3-4-16)5-13(7-14)8-20-11-18-10-19-20/h5-7,10-11H,3,8H2,1-2H3. The molecule has 1 aromatic carbocycles. The fraction of sp³-hybridized carbons (Fsp3) is 0.333. The predicted octanol–water partition coefficient (Wildman–Crippen LogP) is 2.19. The van der Waals surface area contributed by atoms with E-state index in [4.69, 9.17) is 5.26 Å². The topological polar surface area (TPSA) is 78.3 Å². The molecule has 0 N–H and O–H groups in total. The predicted molar refractivity (Wildman–Crippen MR) is 73.5 cm³/mol. The minimum atomic E-state index is -0.581. The third-order valence-electron chi connectivity index (χ3n) is 3.15. The molecule has 0 amide bonds. The van der Waals surface area contributed by atoms with Gasteiger partial charge >= 0.3 is 0 Å². The summed E-state index contributed by atoms with van der Waals surface area (Å²) in [7, 11) is 0. The molecule has 0 atom stereocenters. The van der Waals surface area contributed by atoms with E-state index < -0.39 is 5.41 Å². The van der Waals surface area contributed by atoms with Crippen molar-refractivity contribution in [2.75, 3.05) is 0 Å². The highest BCUT2D eigenvalue weighted by Crippen LogP contribution is 2.25. The molecule has 0 radical (unpaired) electrons. The maximum atomic E-state index is 9.27. The third-order valence-corrected chi connectivity index (χ3v) is 3.15. The number of hydrogen-bond acceptors (Lipinski definition) is 4. The average molecular weight is 265 g/mol. The van der Waals surface area contributed by atoms with E-state index in [0.29, 0.717) is 13.0 Å². The van der Waals surface area contributed by atoms with E-state index in [1.807, 2.05) is 32.0 Å². The lowest BCUT2D eigenvalue weighted by Gasteiger charge is -2.18. The maximum absolute atomic E-state index is 9.27. The van der Waals surface area contributed by atoms with E-state index in [1.165, 1.54) is 6.33 Å². The Hall–Kier alpha value is -2.66. The Bertz CT molecular complexity index is 671. The van der Waals surface area contributed by atoms with Crippen molar-refractivity contribution in [3.05, 3.63) is 47.5 Å². The van der Waals surface area contributed by atoms with Gasteiger partial charge in [-0.15, -0.1) is 0 Å². The maximum Gasteiger partial charge on any atom is 0.137 e. The largest absolute Gasteiger partial charge is 0.249 e. The summed E-state index contributed by atoms with van der Waals surface area (Å²) in [6, 6.07) is 10.3. The van der Waals surface area contributed by atoms with Gasteiger partial charge in [0, 0.05) is 0 Å². The zero-order valence-corrected chi connectivity index (χ0v) is 11.5. The molecule has 0 unspecified atom stereocenters. The molecule has 5 heteroatoms. The fourth-order valence-corrected chi connectivity index (χ4v) is 1.97. The quantitative estimate of drug-likeness (QED) is 0.848. The summed E-state index contributed by atoms with van der Waals surface area (Å²) in [6.07, 6.45) is 3.46. The minimum absolute atomic E-state index is 0.333. The van der Waals surface area contributed by atoms with Gasteiger partial charge in [-0.25, -0.2) is 9.67 Å². The highest BCUT2D eigenvalue weighted by atomic mass is 15.3. The van der Waals surface area contributed by atoms with Gasteiger partial charge < -0.3 is 0 Å². The summed E-state index contributed by atoms with van der Waals surface area (Å²) in [5.41, 5.74) is 2.27. The van der Waals surface area contributed by atoms with Crippen LogP contribution in [0.5, 0.6) is 0 Å². The van der Waals surface area contributed by atoms with Crippen LogP contribution in [0.3, 0.4) is 0 Å². The van der Waals surface area contributed by atoms with Crippen LogP contribution in [0.15, 0.2) is 30.9 Å². The molecule has 1 aromatic heterocycles. The van der Waals surface area contributed by atoms with Gasteiger partial charge in [0.1, 0.15) is 12.7 Å². The summed E-state index contributed by atoms with van der Waals surface area (Å²) in [5, 5.41) is 22.2. The number of hydrogen-bond donors (Lipinski definition) is 0. The molecule has 100 valence electrons. The van der Waals surface area contributed by atoms with Crippen molar-refractivity contribution in [2.45, 2.75) is 32.2 Å². The van der Waals surface area contributed by atoms with Crippen LogP contribution in [0.4, 0.5) is 0 Å². The van der Waals surface area contributed by atoms with Crippen LogP contribution >= 0.6 is 0 Å². The van der Waals surface area contributed by atoms with E-state index in [0.717, 1.165) is 16.7 Å². The van der Waals surface area contributed by atoms with Crippen molar-refractivity contribution in [3.8, 4) is 12.1 Å². The lowest BCUT2D eigenvalue weighted by Crippen LogP contribution is -2.15. The van der Waals surface area contributed by atoms with Gasteiger partial charge in [-0.1, -0.05) is 18.2 Å². The molecule has 0 spiro atoms. The Labute approximate surface area is 118 Å². The molecular formula is C15H15N5. The zero-order valence-electron chi connectivity index (χ0n) is 11.5. The van der Waals surface area contributed by atoms with Gasteiger partial charge in [0.25, 0.3) is 0 Å². The van der Waals surface area contributed by atoms with Gasteiger partial charge in [-0.2, -0.15) is 15.6 Å². The summed E-state index contributed by atoms with van der Waals surface area (Å²) in [6.45, 7) is 4.32. The van der Waals surface area contributed by atoms with Gasteiger partial charge in [-0.3, -0.25) is 0 Å². The second-order valence-corrected chi connectivity index (χ2v) is 5.20. The average Bonchev–Trinajstić information content (AvgIpc) is 2.91. The molecule has 0 aliphatic rings. The molecule has 1 heterocycles. The van der Waals surface area contributed by atoms with Gasteiger partial charge in [-0.05, 0) is 30.5 Å². The summed E-state index contributed by atoms with van der Waals surface area (Å²) in [5.74, 6) is 0. The first-order chi connectivity index (χ1) is 9.55. The Morgan fingerprint density at radius 3 is 2.55 bits per heavy atom. The number of nitriles is 2. The van der Waals surface area contributed by atoms with Crippen molar-refractivity contribution < 1.29 is 0 Å². The van der Waals surface area contributed by atoms with Crippen LogP contribution in [0.25, 0.3) is 0 Å². The number of rotatable bonds is 4. The first-order valence-electron chi connectivity index (χ1n) is 6.29. The highest BCUT2D eigenvalue weighted by Gasteiger charge is 2.20. The minimum Gasteiger partial charge on any atom is -0.249 e. The normalized spacial score (nSPS) is 10.8. The van der Waals surface area contributed by atoms with E-state index in [1.54, 1.807) is 11.0 Å². The van der Waals surface area contributed by atoms with E-state index in [9.17, 15) is 5.26 Å². The van der Waals surface area contributed by atoms with E-state index >= 15 is 0 Å². The number of nitrogens with zero attached hydrogens (tertiary/aromatic N) is 5. The van der Waals surface area contributed by atoms with Gasteiger partial charge in [0.2, 0.25) is 0 Å². The van der Waals surface area contributed by atoms with Gasteiger partial charge in [0.05, 0.1) is 30.5 Å². The van der Waals surface area contributed by atoms with Crippen molar-refractivity contribution in [1.82, 2.24) is 14.8 Å². The molecule has 20 heavy (non-hydrogen) atoms. The van der Waals surface area contributed by atoms with Crippen molar-refractivity contribution >= 4 is 0 Å². The third kappa shape index (κ3) is 3.02. The van der Waals surface area contributed by atoms with Crippen LogP contribution in [0.1, 0.15) is 30.5 Å². The first kappa shape index (κ1) is 13.8. The molecule has 0 aliphatic carbocycles. The molecule has 0 saturated heterocycles. The van der Waals surface area contributed by atoms with Crippen molar-refractivity contribution in [3.63, 3.8) is 0 Å². The first-order valence-corrected chi connectivity index (χ1v) is 6.29. The number of aromatic nitrogens is 3. The highest BCUT2D eigenvalue weighted by molar-refractivity contribution is 5.38. The van der Waals surface area contributed by atoms with Crippen LogP contribution < -0.4 is 0 Å².